The lowest BCUT2D eigenvalue weighted by Gasteiger charge is -2.01. The monoisotopic (exact) mass is 298 g/mol. The molecule has 0 atom stereocenters. The van der Waals surface area contributed by atoms with Gasteiger partial charge in [-0.3, -0.25) is 9.78 Å². The fourth-order valence-corrected chi connectivity index (χ4v) is 2.04. The Balaban J connectivity index is 1.98. The standard InChI is InChI=1S/C10H7ClN4O3S/c11-7-2-12-1-5(14-7)9(16)13-3-8-15-6(4-19-8)10(17)18/h1-2,4H,3H2,(H,13,16)(H,17,18). The summed E-state index contributed by atoms with van der Waals surface area (Å²) in [5, 5.41) is 13.3. The van der Waals surface area contributed by atoms with E-state index in [4.69, 9.17) is 16.7 Å². The Bertz CT molecular complexity index is 631. The predicted octanol–water partition coefficient (Wildman–Crippen LogP) is 1.21. The van der Waals surface area contributed by atoms with Crippen molar-refractivity contribution in [3.05, 3.63) is 39.3 Å². The van der Waals surface area contributed by atoms with Crippen LogP contribution in [0.5, 0.6) is 0 Å². The highest BCUT2D eigenvalue weighted by molar-refractivity contribution is 7.09. The molecule has 1 amide bonds. The molecule has 0 radical (unpaired) electrons. The number of hydrogen-bond donors (Lipinski definition) is 2. The summed E-state index contributed by atoms with van der Waals surface area (Å²) < 4.78 is 0. The van der Waals surface area contributed by atoms with E-state index in [1.165, 1.54) is 17.8 Å². The average molecular weight is 299 g/mol. The first-order valence-electron chi connectivity index (χ1n) is 4.99. The molecule has 0 bridgehead atoms. The van der Waals surface area contributed by atoms with E-state index in [1.807, 2.05) is 0 Å². The first-order valence-corrected chi connectivity index (χ1v) is 6.25. The minimum absolute atomic E-state index is 0.0446. The summed E-state index contributed by atoms with van der Waals surface area (Å²) in [5.41, 5.74) is 0.0410. The van der Waals surface area contributed by atoms with Gasteiger partial charge in [-0.15, -0.1) is 11.3 Å². The molecule has 2 N–H and O–H groups in total. The third-order valence-electron chi connectivity index (χ3n) is 2.01. The number of hydrogen-bond acceptors (Lipinski definition) is 6. The van der Waals surface area contributed by atoms with Crippen LogP contribution in [0.25, 0.3) is 0 Å². The fourth-order valence-electron chi connectivity index (χ4n) is 1.19. The zero-order chi connectivity index (χ0) is 13.8. The first kappa shape index (κ1) is 13.4. The molecular formula is C10H7ClN4O3S. The number of carboxylic acid groups (broad SMARTS) is 1. The summed E-state index contributed by atoms with van der Waals surface area (Å²) in [4.78, 5) is 33.7. The molecular weight excluding hydrogens is 292 g/mol. The maximum Gasteiger partial charge on any atom is 0.355 e. The second-order valence-corrected chi connectivity index (χ2v) is 4.67. The number of rotatable bonds is 4. The summed E-state index contributed by atoms with van der Waals surface area (Å²) in [5.74, 6) is -1.56. The molecule has 9 heteroatoms. The molecule has 2 aromatic heterocycles. The van der Waals surface area contributed by atoms with Gasteiger partial charge < -0.3 is 10.4 Å². The molecule has 2 aromatic rings. The Kier molecular flexibility index (Phi) is 4.03. The summed E-state index contributed by atoms with van der Waals surface area (Å²) in [6.07, 6.45) is 2.60. The van der Waals surface area contributed by atoms with Crippen molar-refractivity contribution < 1.29 is 14.7 Å². The third kappa shape index (κ3) is 3.46. The highest BCUT2D eigenvalue weighted by Crippen LogP contribution is 2.09. The molecule has 0 spiro atoms. The van der Waals surface area contributed by atoms with Crippen LogP contribution in [0.2, 0.25) is 5.15 Å². The molecule has 0 fully saturated rings. The Labute approximate surface area is 116 Å². The molecule has 0 unspecified atom stereocenters. The van der Waals surface area contributed by atoms with Crippen LogP contribution in [0, 0.1) is 0 Å². The van der Waals surface area contributed by atoms with Gasteiger partial charge in [-0.05, 0) is 0 Å². The number of carboxylic acids is 1. The van der Waals surface area contributed by atoms with Gasteiger partial charge in [0.1, 0.15) is 15.9 Å². The molecule has 98 valence electrons. The molecule has 19 heavy (non-hydrogen) atoms. The van der Waals surface area contributed by atoms with Crippen LogP contribution in [0.15, 0.2) is 17.8 Å². The molecule has 0 aromatic carbocycles. The van der Waals surface area contributed by atoms with Gasteiger partial charge in [0.25, 0.3) is 5.91 Å². The molecule has 2 rings (SSSR count). The zero-order valence-corrected chi connectivity index (χ0v) is 10.9. The molecule has 0 aliphatic rings. The van der Waals surface area contributed by atoms with E-state index < -0.39 is 11.9 Å². The topological polar surface area (TPSA) is 105 Å². The summed E-state index contributed by atoms with van der Waals surface area (Å²) in [6.45, 7) is 0.116. The van der Waals surface area contributed by atoms with Crippen LogP contribution in [0.1, 0.15) is 26.0 Å². The molecule has 0 saturated heterocycles. The lowest BCUT2D eigenvalue weighted by atomic mass is 10.4. The lowest BCUT2D eigenvalue weighted by molar-refractivity contribution is 0.0691. The zero-order valence-electron chi connectivity index (χ0n) is 9.33. The summed E-state index contributed by atoms with van der Waals surface area (Å²) in [7, 11) is 0. The van der Waals surface area contributed by atoms with Gasteiger partial charge in [0.2, 0.25) is 0 Å². The molecule has 0 saturated carbocycles. The van der Waals surface area contributed by atoms with Gasteiger partial charge in [0.15, 0.2) is 5.69 Å². The van der Waals surface area contributed by atoms with Crippen molar-refractivity contribution >= 4 is 34.8 Å². The number of carbonyl (C=O) groups excluding carboxylic acids is 1. The number of halogens is 1. The van der Waals surface area contributed by atoms with Crippen molar-refractivity contribution in [2.45, 2.75) is 6.54 Å². The maximum atomic E-state index is 11.7. The molecule has 7 nitrogen and oxygen atoms in total. The smallest absolute Gasteiger partial charge is 0.355 e. The van der Waals surface area contributed by atoms with Crippen molar-refractivity contribution in [3.8, 4) is 0 Å². The highest BCUT2D eigenvalue weighted by Gasteiger charge is 2.11. The van der Waals surface area contributed by atoms with E-state index in [1.54, 1.807) is 0 Å². The number of carbonyl (C=O) groups is 2. The van der Waals surface area contributed by atoms with Crippen molar-refractivity contribution in [1.82, 2.24) is 20.3 Å². The van der Waals surface area contributed by atoms with E-state index in [-0.39, 0.29) is 23.1 Å². The van der Waals surface area contributed by atoms with Crippen LogP contribution >= 0.6 is 22.9 Å². The number of aromatic carboxylic acids is 1. The maximum absolute atomic E-state index is 11.7. The van der Waals surface area contributed by atoms with E-state index in [0.717, 1.165) is 11.3 Å². The Hall–Kier alpha value is -2.06. The molecule has 0 aliphatic carbocycles. The summed E-state index contributed by atoms with van der Waals surface area (Å²) in [6, 6.07) is 0. The minimum Gasteiger partial charge on any atom is -0.476 e. The van der Waals surface area contributed by atoms with Crippen molar-refractivity contribution in [2.75, 3.05) is 0 Å². The van der Waals surface area contributed by atoms with Crippen LogP contribution < -0.4 is 5.32 Å². The van der Waals surface area contributed by atoms with Crippen LogP contribution in [-0.4, -0.2) is 31.9 Å². The molecule has 0 aliphatic heterocycles. The highest BCUT2D eigenvalue weighted by atomic mass is 35.5. The van der Waals surface area contributed by atoms with Gasteiger partial charge in [0.05, 0.1) is 18.9 Å². The third-order valence-corrected chi connectivity index (χ3v) is 3.04. The van der Waals surface area contributed by atoms with Gasteiger partial charge in [0, 0.05) is 5.38 Å². The van der Waals surface area contributed by atoms with Crippen molar-refractivity contribution in [1.29, 1.82) is 0 Å². The number of aromatic nitrogens is 3. The fraction of sp³-hybridized carbons (Fsp3) is 0.100. The Morgan fingerprint density at radius 3 is 2.74 bits per heavy atom. The van der Waals surface area contributed by atoms with E-state index >= 15 is 0 Å². The number of thiazole rings is 1. The van der Waals surface area contributed by atoms with Gasteiger partial charge in [-0.1, -0.05) is 11.6 Å². The number of nitrogens with zero attached hydrogens (tertiary/aromatic N) is 3. The number of nitrogens with one attached hydrogen (secondary N) is 1. The Morgan fingerprint density at radius 2 is 2.11 bits per heavy atom. The largest absolute Gasteiger partial charge is 0.476 e. The lowest BCUT2D eigenvalue weighted by Crippen LogP contribution is -2.24. The molecule has 2 heterocycles. The van der Waals surface area contributed by atoms with Crippen molar-refractivity contribution in [2.24, 2.45) is 0 Å². The van der Waals surface area contributed by atoms with E-state index in [9.17, 15) is 9.59 Å². The van der Waals surface area contributed by atoms with Crippen LogP contribution in [-0.2, 0) is 6.54 Å². The summed E-state index contributed by atoms with van der Waals surface area (Å²) >= 11 is 6.76. The second kappa shape index (κ2) is 5.72. The van der Waals surface area contributed by atoms with E-state index in [0.29, 0.717) is 5.01 Å². The second-order valence-electron chi connectivity index (χ2n) is 3.34. The normalized spacial score (nSPS) is 10.2. The quantitative estimate of drug-likeness (QED) is 0.879. The number of amides is 1. The predicted molar refractivity (Wildman–Crippen MR) is 67.3 cm³/mol. The van der Waals surface area contributed by atoms with Crippen molar-refractivity contribution in [3.63, 3.8) is 0 Å². The van der Waals surface area contributed by atoms with Gasteiger partial charge in [-0.2, -0.15) is 0 Å². The van der Waals surface area contributed by atoms with E-state index in [2.05, 4.69) is 20.3 Å². The van der Waals surface area contributed by atoms with Crippen LogP contribution in [0.3, 0.4) is 0 Å². The SMILES string of the molecule is O=C(O)c1csc(CNC(=O)c2cncc(Cl)n2)n1. The first-order chi connectivity index (χ1) is 9.06. The van der Waals surface area contributed by atoms with Gasteiger partial charge in [-0.25, -0.2) is 14.8 Å². The van der Waals surface area contributed by atoms with Gasteiger partial charge >= 0.3 is 5.97 Å². The Morgan fingerprint density at radius 1 is 1.32 bits per heavy atom. The van der Waals surface area contributed by atoms with Crippen LogP contribution in [0.4, 0.5) is 0 Å². The minimum atomic E-state index is -1.10. The average Bonchev–Trinajstić information content (AvgIpc) is 2.85.